The van der Waals surface area contributed by atoms with Gasteiger partial charge in [-0.05, 0) is 90.5 Å². The van der Waals surface area contributed by atoms with Crippen molar-refractivity contribution in [2.24, 2.45) is 17.8 Å². The van der Waals surface area contributed by atoms with E-state index in [9.17, 15) is 58.7 Å². The summed E-state index contributed by atoms with van der Waals surface area (Å²) < 4.78 is 130. The van der Waals surface area contributed by atoms with Gasteiger partial charge in [-0.1, -0.05) is 51.3 Å². The SMILES string of the molecule is C[C@@H]1CCCC[C@@H]2C[C@@]2(C(=O)NS(=O)(=O)C2(C)CC2)NC(=O)[C@@H]2C[C@@H](Oc3ncc(OC(=O)OC(C)(C)C(F)(F)F)c4ccccc34)CN2C(=O)[C@@H](NC(=O)OC(C)(C)C(F)(F)F)[C@H](C)C1. The monoisotopic (exact) mass is 963 g/mol. The third-order valence-corrected chi connectivity index (χ3v) is 15.3. The number of alkyl halides is 6. The summed E-state index contributed by atoms with van der Waals surface area (Å²) in [5, 5.41) is 5.41. The van der Waals surface area contributed by atoms with Crippen molar-refractivity contribution in [2.75, 3.05) is 6.54 Å². The lowest BCUT2D eigenvalue weighted by molar-refractivity contribution is -0.247. The van der Waals surface area contributed by atoms with E-state index in [2.05, 4.69) is 25.1 Å². The predicted octanol–water partition coefficient (Wildman–Crippen LogP) is 6.98. The first-order chi connectivity index (χ1) is 30.4. The van der Waals surface area contributed by atoms with Crippen molar-refractivity contribution >= 4 is 50.8 Å². The van der Waals surface area contributed by atoms with Crippen molar-refractivity contribution in [1.29, 1.82) is 0 Å². The van der Waals surface area contributed by atoms with E-state index in [0.29, 0.717) is 72.6 Å². The maximum Gasteiger partial charge on any atom is 0.514 e. The van der Waals surface area contributed by atoms with Crippen LogP contribution in [0, 0.1) is 17.8 Å². The molecule has 2 saturated carbocycles. The number of hydrogen-bond donors (Lipinski definition) is 3. The first-order valence-electron chi connectivity index (χ1n) is 21.7. The normalized spacial score (nSPS) is 27.5. The van der Waals surface area contributed by atoms with Gasteiger partial charge >= 0.3 is 24.6 Å². The average Bonchev–Trinajstić information content (AvgIpc) is 4.08. The molecular formula is C43H55F6N5O11S. The number of amides is 4. The van der Waals surface area contributed by atoms with Crippen LogP contribution in [0.25, 0.3) is 10.8 Å². The highest BCUT2D eigenvalue weighted by atomic mass is 32.2. The molecule has 7 atom stereocenters. The summed E-state index contributed by atoms with van der Waals surface area (Å²) in [6.45, 7) is 7.21. The molecular weight excluding hydrogens is 909 g/mol. The van der Waals surface area contributed by atoms with Crippen molar-refractivity contribution in [3.63, 3.8) is 0 Å². The van der Waals surface area contributed by atoms with Crippen LogP contribution in [0.2, 0.25) is 0 Å². The van der Waals surface area contributed by atoms with Crippen molar-refractivity contribution < 1.29 is 77.7 Å². The zero-order chi connectivity index (χ0) is 49.0. The van der Waals surface area contributed by atoms with Gasteiger partial charge in [0.15, 0.2) is 5.75 Å². The van der Waals surface area contributed by atoms with Crippen molar-refractivity contribution in [1.82, 2.24) is 25.2 Å². The summed E-state index contributed by atoms with van der Waals surface area (Å²) >= 11 is 0. The van der Waals surface area contributed by atoms with E-state index in [-0.39, 0.29) is 47.7 Å². The van der Waals surface area contributed by atoms with E-state index < -0.39 is 104 Å². The molecule has 1 aromatic carbocycles. The van der Waals surface area contributed by atoms with Crippen molar-refractivity contribution in [3.05, 3.63) is 30.5 Å². The molecule has 2 aliphatic carbocycles. The van der Waals surface area contributed by atoms with Gasteiger partial charge in [-0.25, -0.2) is 23.0 Å². The second-order valence-corrected chi connectivity index (χ2v) is 21.5. The molecule has 1 aromatic heterocycles. The molecule has 4 fully saturated rings. The summed E-state index contributed by atoms with van der Waals surface area (Å²) in [5.74, 6) is -4.39. The first-order valence-corrected chi connectivity index (χ1v) is 23.2. The van der Waals surface area contributed by atoms with Crippen molar-refractivity contribution in [2.45, 2.75) is 158 Å². The van der Waals surface area contributed by atoms with Crippen LogP contribution < -0.4 is 24.8 Å². The fourth-order valence-corrected chi connectivity index (χ4v) is 9.63. The van der Waals surface area contributed by atoms with E-state index in [1.54, 1.807) is 13.0 Å². The summed E-state index contributed by atoms with van der Waals surface area (Å²) in [4.78, 5) is 74.5. The van der Waals surface area contributed by atoms with Gasteiger partial charge in [-0.2, -0.15) is 26.3 Å². The lowest BCUT2D eigenvalue weighted by Crippen LogP contribution is -2.59. The molecule has 4 amide bonds. The zero-order valence-electron chi connectivity index (χ0n) is 37.5. The third kappa shape index (κ3) is 10.5. The summed E-state index contributed by atoms with van der Waals surface area (Å²) in [6.07, 6.45) is -10.1. The summed E-state index contributed by atoms with van der Waals surface area (Å²) in [7, 11) is -4.14. The number of carbonyl (C=O) groups is 5. The van der Waals surface area contributed by atoms with E-state index in [0.717, 1.165) is 11.1 Å². The Morgan fingerprint density at radius 2 is 1.50 bits per heavy atom. The number of fused-ring (bicyclic) bond motifs is 3. The zero-order valence-corrected chi connectivity index (χ0v) is 38.3. The molecule has 2 aliphatic heterocycles. The molecule has 2 aromatic rings. The number of pyridine rings is 1. The minimum absolute atomic E-state index is 0.0731. The maximum absolute atomic E-state index is 14.8. The number of sulfonamides is 1. The summed E-state index contributed by atoms with van der Waals surface area (Å²) in [5.41, 5.74) is -7.53. The minimum Gasteiger partial charge on any atom is -0.472 e. The Bertz CT molecular complexity index is 2340. The molecule has 0 spiro atoms. The van der Waals surface area contributed by atoms with E-state index in [1.807, 2.05) is 6.92 Å². The highest BCUT2D eigenvalue weighted by Crippen LogP contribution is 2.49. The Morgan fingerprint density at radius 1 is 0.894 bits per heavy atom. The number of alkyl carbamates (subject to hydrolysis) is 1. The van der Waals surface area contributed by atoms with Crippen molar-refractivity contribution in [3.8, 4) is 11.6 Å². The van der Waals surface area contributed by atoms with E-state index in [1.165, 1.54) is 25.1 Å². The number of carbonyl (C=O) groups excluding carboxylic acids is 5. The van der Waals surface area contributed by atoms with Crippen LogP contribution in [0.5, 0.6) is 11.6 Å². The van der Waals surface area contributed by atoms with Gasteiger partial charge < -0.3 is 34.5 Å². The molecule has 23 heteroatoms. The van der Waals surface area contributed by atoms with Gasteiger partial charge in [0.1, 0.15) is 23.7 Å². The fraction of sp³-hybridized carbons (Fsp3) is 0.674. The topological polar surface area (TPSA) is 209 Å². The van der Waals surface area contributed by atoms with Crippen LogP contribution in [-0.4, -0.2) is 107 Å². The highest BCUT2D eigenvalue weighted by Gasteiger charge is 2.64. The molecule has 4 aliphatic rings. The number of nitrogens with zero attached hydrogens (tertiary/aromatic N) is 2. The molecule has 3 N–H and O–H groups in total. The molecule has 366 valence electrons. The molecule has 0 unspecified atom stereocenters. The van der Waals surface area contributed by atoms with Crippen LogP contribution in [-0.2, 0) is 33.9 Å². The number of aromatic nitrogens is 1. The maximum atomic E-state index is 14.8. The number of ether oxygens (including phenoxy) is 4. The van der Waals surface area contributed by atoms with Gasteiger partial charge in [0, 0.05) is 17.2 Å². The Balaban J connectivity index is 1.34. The Morgan fingerprint density at radius 3 is 2.12 bits per heavy atom. The highest BCUT2D eigenvalue weighted by molar-refractivity contribution is 7.91. The average molecular weight is 964 g/mol. The molecule has 16 nitrogen and oxygen atoms in total. The van der Waals surface area contributed by atoms with Crippen LogP contribution >= 0.6 is 0 Å². The number of halogens is 6. The van der Waals surface area contributed by atoms with Crippen LogP contribution in [0.3, 0.4) is 0 Å². The third-order valence-electron chi connectivity index (χ3n) is 13.2. The van der Waals surface area contributed by atoms with E-state index in [4.69, 9.17) is 14.2 Å². The van der Waals surface area contributed by atoms with Crippen LogP contribution in [0.1, 0.15) is 106 Å². The van der Waals surface area contributed by atoms with Gasteiger partial charge in [0.05, 0.1) is 17.5 Å². The Kier molecular flexibility index (Phi) is 13.6. The van der Waals surface area contributed by atoms with Crippen LogP contribution in [0.15, 0.2) is 30.5 Å². The summed E-state index contributed by atoms with van der Waals surface area (Å²) in [6, 6.07) is 3.02. The Hall–Kier alpha value is -5.09. The lowest BCUT2D eigenvalue weighted by atomic mass is 9.87. The van der Waals surface area contributed by atoms with Crippen LogP contribution in [0.4, 0.5) is 35.9 Å². The quantitative estimate of drug-likeness (QED) is 0.172. The molecule has 0 radical (unpaired) electrons. The standard InChI is InChI=1S/C43H55F6N5O11S/c1-23-12-8-9-13-25-20-41(25,35(57)53-66(60,61)40(7)16-17-40)52-32(55)29-19-26(22-54(29)34(56)31(24(2)18-23)51-36(58)64-38(3,4)42(44,45)46)62-33-28-15-11-10-14-27(28)30(21-50-33)63-37(59)65-39(5,6)43(47,48)49/h10-11,14-15,21,23-26,29,31H,8-9,12-13,16-20,22H2,1-7H3,(H,51,58)(H,52,55)(H,53,57)/t23-,24-,25-,26-,29+,31+,41-/m1/s1. The van der Waals surface area contributed by atoms with E-state index >= 15 is 0 Å². The number of hydrogen-bond acceptors (Lipinski definition) is 12. The number of benzene rings is 1. The smallest absolute Gasteiger partial charge is 0.472 e. The second kappa shape index (κ2) is 17.9. The Labute approximate surface area is 377 Å². The number of nitrogens with one attached hydrogen (secondary N) is 3. The largest absolute Gasteiger partial charge is 0.514 e. The van der Waals surface area contributed by atoms with Gasteiger partial charge in [-0.15, -0.1) is 0 Å². The molecule has 0 bridgehead atoms. The molecule has 2 saturated heterocycles. The molecule has 3 heterocycles. The minimum atomic E-state index is -4.98. The number of rotatable bonds is 9. The fourth-order valence-electron chi connectivity index (χ4n) is 8.32. The van der Waals surface area contributed by atoms with Gasteiger partial charge in [-0.3, -0.25) is 19.1 Å². The molecule has 66 heavy (non-hydrogen) atoms. The second-order valence-electron chi connectivity index (χ2n) is 19.3. The van der Waals surface area contributed by atoms with Gasteiger partial charge in [0.25, 0.3) is 5.91 Å². The molecule has 6 rings (SSSR count). The van der Waals surface area contributed by atoms with Gasteiger partial charge in [0.2, 0.25) is 38.9 Å². The predicted molar refractivity (Wildman–Crippen MR) is 222 cm³/mol. The lowest BCUT2D eigenvalue weighted by Gasteiger charge is -2.34. The first kappa shape index (κ1) is 50.3.